The van der Waals surface area contributed by atoms with Crippen molar-refractivity contribution in [1.29, 1.82) is 0 Å². The van der Waals surface area contributed by atoms with Crippen molar-refractivity contribution in [3.8, 4) is 0 Å². The van der Waals surface area contributed by atoms with Gasteiger partial charge >= 0.3 is 0 Å². The minimum Gasteiger partial charge on any atom is -0.383 e. The van der Waals surface area contributed by atoms with Gasteiger partial charge in [0.05, 0.1) is 6.61 Å². The van der Waals surface area contributed by atoms with Crippen LogP contribution in [0.3, 0.4) is 0 Å². The lowest BCUT2D eigenvalue weighted by Gasteiger charge is -2.13. The van der Waals surface area contributed by atoms with Gasteiger partial charge in [0, 0.05) is 32.3 Å². The zero-order chi connectivity index (χ0) is 13.4. The van der Waals surface area contributed by atoms with Gasteiger partial charge in [0.2, 0.25) is 0 Å². The van der Waals surface area contributed by atoms with Gasteiger partial charge in [0.1, 0.15) is 11.6 Å². The van der Waals surface area contributed by atoms with Crippen molar-refractivity contribution in [2.75, 3.05) is 33.4 Å². The Morgan fingerprint density at radius 2 is 2.06 bits per heavy atom. The summed E-state index contributed by atoms with van der Waals surface area (Å²) in [5.41, 5.74) is 5.71. The van der Waals surface area contributed by atoms with Gasteiger partial charge < -0.3 is 10.5 Å². The van der Waals surface area contributed by atoms with E-state index in [4.69, 9.17) is 10.5 Å². The fourth-order valence-electron chi connectivity index (χ4n) is 1.75. The van der Waals surface area contributed by atoms with Crippen LogP contribution in [0.4, 0.5) is 8.78 Å². The zero-order valence-electron chi connectivity index (χ0n) is 10.6. The number of ether oxygens (including phenoxy) is 1. The molecule has 0 bridgehead atoms. The molecule has 1 atom stereocenters. The van der Waals surface area contributed by atoms with E-state index in [1.807, 2.05) is 0 Å². The van der Waals surface area contributed by atoms with Crippen molar-refractivity contribution in [3.63, 3.8) is 0 Å². The minimum atomic E-state index is -0.537. The van der Waals surface area contributed by atoms with Crippen LogP contribution in [-0.4, -0.2) is 44.3 Å². The molecule has 1 aliphatic heterocycles. The molecule has 0 saturated carbocycles. The smallest absolute Gasteiger partial charge is 0.126 e. The van der Waals surface area contributed by atoms with E-state index in [1.165, 1.54) is 18.2 Å². The third-order valence-electron chi connectivity index (χ3n) is 2.71. The number of halogens is 2. The molecule has 1 aromatic carbocycles. The molecule has 1 heterocycles. The molecule has 0 radical (unpaired) electrons. The molecule has 102 valence electrons. The number of nitrogens with two attached hydrogens (primary N) is 1. The third-order valence-corrected chi connectivity index (χ3v) is 2.71. The maximum atomic E-state index is 11.9. The molecule has 0 amide bonds. The first-order chi connectivity index (χ1) is 8.61. The van der Waals surface area contributed by atoms with Crippen LogP contribution in [0, 0.1) is 11.6 Å². The fourth-order valence-corrected chi connectivity index (χ4v) is 1.75. The van der Waals surface area contributed by atoms with E-state index >= 15 is 0 Å². The standard InChI is InChI=1S/C7H16N2O.C6H4F2/c1-10-5-4-9-3-2-7(8)6-9;7-5-2-1-3-6(8)4-5/h7H,2-6,8H2,1H3;1-4H. The second-order valence-electron chi connectivity index (χ2n) is 4.28. The number of benzene rings is 1. The Kier molecular flexibility index (Phi) is 6.78. The first-order valence-electron chi connectivity index (χ1n) is 5.99. The molecule has 1 saturated heterocycles. The monoisotopic (exact) mass is 258 g/mol. The molecule has 1 unspecified atom stereocenters. The Balaban J connectivity index is 0.000000184. The summed E-state index contributed by atoms with van der Waals surface area (Å²) >= 11 is 0. The van der Waals surface area contributed by atoms with Crippen molar-refractivity contribution < 1.29 is 13.5 Å². The van der Waals surface area contributed by atoms with E-state index in [2.05, 4.69) is 4.90 Å². The summed E-state index contributed by atoms with van der Waals surface area (Å²) in [4.78, 5) is 2.34. The highest BCUT2D eigenvalue weighted by atomic mass is 19.1. The third kappa shape index (κ3) is 6.05. The van der Waals surface area contributed by atoms with Gasteiger partial charge in [-0.15, -0.1) is 0 Å². The van der Waals surface area contributed by atoms with E-state index in [0.717, 1.165) is 38.7 Å². The minimum absolute atomic E-state index is 0.400. The molecule has 2 N–H and O–H groups in total. The predicted molar refractivity (Wildman–Crippen MR) is 67.3 cm³/mol. The van der Waals surface area contributed by atoms with Gasteiger partial charge in [0.25, 0.3) is 0 Å². The fraction of sp³-hybridized carbons (Fsp3) is 0.538. The maximum Gasteiger partial charge on any atom is 0.126 e. The number of methoxy groups -OCH3 is 1. The van der Waals surface area contributed by atoms with Crippen LogP contribution in [0.2, 0.25) is 0 Å². The van der Waals surface area contributed by atoms with Crippen molar-refractivity contribution in [2.45, 2.75) is 12.5 Å². The van der Waals surface area contributed by atoms with Crippen molar-refractivity contribution in [1.82, 2.24) is 4.90 Å². The van der Waals surface area contributed by atoms with Gasteiger partial charge in [0.15, 0.2) is 0 Å². The zero-order valence-corrected chi connectivity index (χ0v) is 10.6. The molecule has 1 fully saturated rings. The molecule has 0 aliphatic carbocycles. The lowest BCUT2D eigenvalue weighted by Crippen LogP contribution is -2.28. The highest BCUT2D eigenvalue weighted by Crippen LogP contribution is 2.05. The number of likely N-dealkylation sites (tertiary alicyclic amines) is 1. The maximum absolute atomic E-state index is 11.9. The second kappa shape index (κ2) is 8.13. The number of nitrogens with zero attached hydrogens (tertiary/aromatic N) is 1. The highest BCUT2D eigenvalue weighted by molar-refractivity contribution is 5.04. The highest BCUT2D eigenvalue weighted by Gasteiger charge is 2.17. The second-order valence-corrected chi connectivity index (χ2v) is 4.28. The van der Waals surface area contributed by atoms with Crippen LogP contribution in [0.1, 0.15) is 6.42 Å². The molecule has 5 heteroatoms. The van der Waals surface area contributed by atoms with E-state index in [0.29, 0.717) is 6.04 Å². The van der Waals surface area contributed by atoms with E-state index in [1.54, 1.807) is 7.11 Å². The average Bonchev–Trinajstić information content (AvgIpc) is 2.73. The summed E-state index contributed by atoms with van der Waals surface area (Å²) in [7, 11) is 1.73. The topological polar surface area (TPSA) is 38.5 Å². The summed E-state index contributed by atoms with van der Waals surface area (Å²) in [6.45, 7) is 4.05. The Morgan fingerprint density at radius 3 is 2.44 bits per heavy atom. The molecular weight excluding hydrogens is 238 g/mol. The normalized spacial score (nSPS) is 19.4. The summed E-state index contributed by atoms with van der Waals surface area (Å²) in [6.07, 6.45) is 1.14. The SMILES string of the molecule is COCCN1CCC(N)C1.Fc1cccc(F)c1. The summed E-state index contributed by atoms with van der Waals surface area (Å²) < 4.78 is 28.8. The van der Waals surface area contributed by atoms with Crippen LogP contribution < -0.4 is 5.73 Å². The molecule has 0 spiro atoms. The summed E-state index contributed by atoms with van der Waals surface area (Å²) in [5, 5.41) is 0. The van der Waals surface area contributed by atoms with Crippen LogP contribution in [0.15, 0.2) is 24.3 Å². The van der Waals surface area contributed by atoms with Gasteiger partial charge in [-0.1, -0.05) is 6.07 Å². The van der Waals surface area contributed by atoms with E-state index in [-0.39, 0.29) is 0 Å². The Hall–Kier alpha value is -1.04. The first kappa shape index (κ1) is 15.0. The molecule has 0 aromatic heterocycles. The lowest BCUT2D eigenvalue weighted by molar-refractivity contribution is 0.160. The molecule has 18 heavy (non-hydrogen) atoms. The molecule has 1 aliphatic rings. The summed E-state index contributed by atoms with van der Waals surface area (Å²) in [5.74, 6) is -1.07. The Labute approximate surface area is 107 Å². The van der Waals surface area contributed by atoms with E-state index < -0.39 is 11.6 Å². The van der Waals surface area contributed by atoms with Gasteiger partial charge in [-0.3, -0.25) is 4.90 Å². The largest absolute Gasteiger partial charge is 0.383 e. The lowest BCUT2D eigenvalue weighted by atomic mass is 10.3. The number of hydrogen-bond donors (Lipinski definition) is 1. The van der Waals surface area contributed by atoms with Gasteiger partial charge in [-0.25, -0.2) is 8.78 Å². The van der Waals surface area contributed by atoms with Crippen molar-refractivity contribution >= 4 is 0 Å². The Bertz CT molecular complexity index is 332. The van der Waals surface area contributed by atoms with Crippen LogP contribution in [-0.2, 0) is 4.74 Å². The molecule has 2 rings (SSSR count). The average molecular weight is 258 g/mol. The Morgan fingerprint density at radius 1 is 1.39 bits per heavy atom. The van der Waals surface area contributed by atoms with Crippen LogP contribution in [0.5, 0.6) is 0 Å². The van der Waals surface area contributed by atoms with Crippen LogP contribution >= 0.6 is 0 Å². The van der Waals surface area contributed by atoms with Gasteiger partial charge in [-0.2, -0.15) is 0 Å². The van der Waals surface area contributed by atoms with Crippen molar-refractivity contribution in [2.24, 2.45) is 5.73 Å². The molecule has 3 nitrogen and oxygen atoms in total. The quantitative estimate of drug-likeness (QED) is 0.895. The predicted octanol–water partition coefficient (Wildman–Crippen LogP) is 1.63. The van der Waals surface area contributed by atoms with Gasteiger partial charge in [-0.05, 0) is 25.1 Å². The number of hydrogen-bond acceptors (Lipinski definition) is 3. The summed E-state index contributed by atoms with van der Waals surface area (Å²) in [6, 6.07) is 4.95. The molecule has 1 aromatic rings. The first-order valence-corrected chi connectivity index (χ1v) is 5.99. The van der Waals surface area contributed by atoms with E-state index in [9.17, 15) is 8.78 Å². The van der Waals surface area contributed by atoms with Crippen molar-refractivity contribution in [3.05, 3.63) is 35.9 Å². The van der Waals surface area contributed by atoms with Crippen LogP contribution in [0.25, 0.3) is 0 Å². The molecular formula is C13H20F2N2O. The number of rotatable bonds is 3.